The Morgan fingerprint density at radius 2 is 2.04 bits per heavy atom. The van der Waals surface area contributed by atoms with Crippen LogP contribution in [0.5, 0.6) is 0 Å². The van der Waals surface area contributed by atoms with E-state index in [1.54, 1.807) is 0 Å². The normalized spacial score (nSPS) is 14.7. The van der Waals surface area contributed by atoms with Crippen molar-refractivity contribution < 1.29 is 14.3 Å². The second-order valence-corrected chi connectivity index (χ2v) is 5.73. The third-order valence-corrected chi connectivity index (χ3v) is 3.92. The van der Waals surface area contributed by atoms with Gasteiger partial charge in [0.05, 0.1) is 23.8 Å². The van der Waals surface area contributed by atoms with Gasteiger partial charge in [0.15, 0.2) is 0 Å². The van der Waals surface area contributed by atoms with Crippen LogP contribution in [0.3, 0.4) is 0 Å². The standard InChI is InChI=1S/C16H19ClN4O3/c17-14-3-2-13(10-12(14)11-18)20-16(23)15(22)19-4-1-5-21-6-8-24-9-7-21/h2-3,10H,1,4-9H2,(H,19,22)(H,20,23). The van der Waals surface area contributed by atoms with Crippen LogP contribution in [0, 0.1) is 11.3 Å². The zero-order chi connectivity index (χ0) is 17.4. The van der Waals surface area contributed by atoms with Gasteiger partial charge in [-0.25, -0.2) is 0 Å². The number of morpholine rings is 1. The molecule has 8 heteroatoms. The second-order valence-electron chi connectivity index (χ2n) is 5.32. The Bertz CT molecular complexity index is 639. The largest absolute Gasteiger partial charge is 0.379 e. The zero-order valence-corrected chi connectivity index (χ0v) is 13.9. The van der Waals surface area contributed by atoms with Gasteiger partial charge in [0.1, 0.15) is 6.07 Å². The maximum Gasteiger partial charge on any atom is 0.313 e. The van der Waals surface area contributed by atoms with Gasteiger partial charge in [-0.1, -0.05) is 11.6 Å². The van der Waals surface area contributed by atoms with Gasteiger partial charge >= 0.3 is 11.8 Å². The van der Waals surface area contributed by atoms with Crippen LogP contribution in [-0.2, 0) is 14.3 Å². The van der Waals surface area contributed by atoms with Crippen LogP contribution < -0.4 is 10.6 Å². The number of benzene rings is 1. The number of nitrogens with one attached hydrogen (secondary N) is 2. The van der Waals surface area contributed by atoms with Crippen molar-refractivity contribution in [3.05, 3.63) is 28.8 Å². The number of rotatable bonds is 5. The molecule has 1 aliphatic rings. The molecule has 7 nitrogen and oxygen atoms in total. The lowest BCUT2D eigenvalue weighted by Gasteiger charge is -2.26. The molecule has 2 N–H and O–H groups in total. The van der Waals surface area contributed by atoms with E-state index in [1.807, 2.05) is 6.07 Å². The molecular formula is C16H19ClN4O3. The van der Waals surface area contributed by atoms with Crippen molar-refractivity contribution in [3.63, 3.8) is 0 Å². The molecule has 0 radical (unpaired) electrons. The third-order valence-electron chi connectivity index (χ3n) is 3.59. The summed E-state index contributed by atoms with van der Waals surface area (Å²) >= 11 is 5.82. The molecule has 0 aliphatic carbocycles. The highest BCUT2D eigenvalue weighted by Gasteiger charge is 2.14. The molecule has 2 amide bonds. The summed E-state index contributed by atoms with van der Waals surface area (Å²) in [6, 6.07) is 6.37. The zero-order valence-electron chi connectivity index (χ0n) is 13.2. The molecule has 0 atom stereocenters. The fourth-order valence-electron chi connectivity index (χ4n) is 2.29. The number of nitrogens with zero attached hydrogens (tertiary/aromatic N) is 2. The summed E-state index contributed by atoms with van der Waals surface area (Å²) in [4.78, 5) is 25.9. The SMILES string of the molecule is N#Cc1cc(NC(=O)C(=O)NCCCN2CCOCC2)ccc1Cl. The maximum absolute atomic E-state index is 11.8. The first-order chi connectivity index (χ1) is 11.6. The Balaban J connectivity index is 1.72. The van der Waals surface area contributed by atoms with Gasteiger partial charge in [0.2, 0.25) is 0 Å². The van der Waals surface area contributed by atoms with Crippen molar-refractivity contribution in [1.29, 1.82) is 5.26 Å². The molecule has 0 saturated carbocycles. The van der Waals surface area contributed by atoms with E-state index in [-0.39, 0.29) is 5.56 Å². The Labute approximate surface area is 145 Å². The molecule has 0 bridgehead atoms. The summed E-state index contributed by atoms with van der Waals surface area (Å²) in [7, 11) is 0. The van der Waals surface area contributed by atoms with Crippen molar-refractivity contribution in [3.8, 4) is 6.07 Å². The molecule has 0 spiro atoms. The van der Waals surface area contributed by atoms with Crippen LogP contribution in [-0.4, -0.2) is 56.1 Å². The Morgan fingerprint density at radius 3 is 2.75 bits per heavy atom. The fourth-order valence-corrected chi connectivity index (χ4v) is 2.45. The predicted octanol–water partition coefficient (Wildman–Crippen LogP) is 0.989. The highest BCUT2D eigenvalue weighted by atomic mass is 35.5. The molecular weight excluding hydrogens is 332 g/mol. The van der Waals surface area contributed by atoms with Gasteiger partial charge < -0.3 is 15.4 Å². The summed E-state index contributed by atoms with van der Waals surface area (Å²) in [6.07, 6.45) is 0.762. The van der Waals surface area contributed by atoms with Crippen LogP contribution in [0.25, 0.3) is 0 Å². The lowest BCUT2D eigenvalue weighted by Crippen LogP contribution is -2.39. The van der Waals surface area contributed by atoms with Gasteiger partial charge in [-0.2, -0.15) is 5.26 Å². The van der Waals surface area contributed by atoms with E-state index in [0.717, 1.165) is 39.3 Å². The van der Waals surface area contributed by atoms with E-state index in [4.69, 9.17) is 21.6 Å². The van der Waals surface area contributed by atoms with Crippen molar-refractivity contribution in [2.45, 2.75) is 6.42 Å². The molecule has 128 valence electrons. The van der Waals surface area contributed by atoms with Crippen LogP contribution in [0.15, 0.2) is 18.2 Å². The lowest BCUT2D eigenvalue weighted by molar-refractivity contribution is -0.136. The second kappa shape index (κ2) is 9.23. The van der Waals surface area contributed by atoms with E-state index in [1.165, 1.54) is 18.2 Å². The van der Waals surface area contributed by atoms with Crippen LogP contribution in [0.4, 0.5) is 5.69 Å². The summed E-state index contributed by atoms with van der Waals surface area (Å²) in [6.45, 7) is 4.54. The van der Waals surface area contributed by atoms with Crippen molar-refractivity contribution in [1.82, 2.24) is 10.2 Å². The van der Waals surface area contributed by atoms with Gasteiger partial charge in [0, 0.05) is 25.3 Å². The Hall–Kier alpha value is -2.14. The average molecular weight is 351 g/mol. The average Bonchev–Trinajstić information content (AvgIpc) is 2.61. The molecule has 0 aromatic heterocycles. The highest BCUT2D eigenvalue weighted by Crippen LogP contribution is 2.19. The molecule has 1 fully saturated rings. The lowest BCUT2D eigenvalue weighted by atomic mass is 10.2. The van der Waals surface area contributed by atoms with E-state index in [9.17, 15) is 9.59 Å². The van der Waals surface area contributed by atoms with Crippen LogP contribution >= 0.6 is 11.6 Å². The van der Waals surface area contributed by atoms with E-state index >= 15 is 0 Å². The maximum atomic E-state index is 11.8. The van der Waals surface area contributed by atoms with Crippen molar-refractivity contribution in [2.24, 2.45) is 0 Å². The first kappa shape index (κ1) is 18.2. The minimum Gasteiger partial charge on any atom is -0.379 e. The molecule has 0 unspecified atom stereocenters. The minimum absolute atomic E-state index is 0.236. The number of ether oxygens (including phenoxy) is 1. The molecule has 1 aliphatic heterocycles. The molecule has 2 rings (SSSR count). The molecule has 1 heterocycles. The quantitative estimate of drug-likeness (QED) is 0.610. The number of amides is 2. The van der Waals surface area contributed by atoms with Crippen LogP contribution in [0.2, 0.25) is 5.02 Å². The van der Waals surface area contributed by atoms with Gasteiger partial charge in [-0.05, 0) is 31.2 Å². The van der Waals surface area contributed by atoms with E-state index < -0.39 is 11.8 Å². The molecule has 1 aromatic rings. The van der Waals surface area contributed by atoms with Crippen molar-refractivity contribution >= 4 is 29.1 Å². The number of hydrogen-bond acceptors (Lipinski definition) is 5. The smallest absolute Gasteiger partial charge is 0.313 e. The Kier molecular flexibility index (Phi) is 7.00. The summed E-state index contributed by atoms with van der Waals surface area (Å²) in [5, 5.41) is 14.2. The number of carbonyl (C=O) groups is 2. The van der Waals surface area contributed by atoms with Crippen molar-refractivity contribution in [2.75, 3.05) is 44.7 Å². The van der Waals surface area contributed by atoms with Gasteiger partial charge in [0.25, 0.3) is 0 Å². The van der Waals surface area contributed by atoms with E-state index in [0.29, 0.717) is 17.3 Å². The summed E-state index contributed by atoms with van der Waals surface area (Å²) < 4.78 is 5.26. The predicted molar refractivity (Wildman–Crippen MR) is 89.7 cm³/mol. The number of hydrogen-bond donors (Lipinski definition) is 2. The monoisotopic (exact) mass is 350 g/mol. The summed E-state index contributed by atoms with van der Waals surface area (Å²) in [5.41, 5.74) is 0.588. The molecule has 1 aromatic carbocycles. The minimum atomic E-state index is -0.771. The highest BCUT2D eigenvalue weighted by molar-refractivity contribution is 6.39. The third kappa shape index (κ3) is 5.49. The molecule has 1 saturated heterocycles. The summed E-state index contributed by atoms with van der Waals surface area (Å²) in [5.74, 6) is -1.47. The molecule has 24 heavy (non-hydrogen) atoms. The first-order valence-corrected chi connectivity index (χ1v) is 8.07. The number of anilines is 1. The van der Waals surface area contributed by atoms with Gasteiger partial charge in [-0.3, -0.25) is 14.5 Å². The van der Waals surface area contributed by atoms with E-state index in [2.05, 4.69) is 15.5 Å². The Morgan fingerprint density at radius 1 is 1.29 bits per heavy atom. The topological polar surface area (TPSA) is 94.5 Å². The van der Waals surface area contributed by atoms with Crippen LogP contribution in [0.1, 0.15) is 12.0 Å². The van der Waals surface area contributed by atoms with Gasteiger partial charge in [-0.15, -0.1) is 0 Å². The number of carbonyl (C=O) groups excluding carboxylic acids is 2. The first-order valence-electron chi connectivity index (χ1n) is 7.69. The number of nitriles is 1. The fraction of sp³-hybridized carbons (Fsp3) is 0.438. The number of halogens is 1.